The highest BCUT2D eigenvalue weighted by Gasteiger charge is 2.09. The second-order valence-electron chi connectivity index (χ2n) is 1.37. The van der Waals surface area contributed by atoms with Crippen LogP contribution in [0.4, 0.5) is 0 Å². The van der Waals surface area contributed by atoms with E-state index in [2.05, 4.69) is 4.99 Å². The summed E-state index contributed by atoms with van der Waals surface area (Å²) in [6, 6.07) is 0. The van der Waals surface area contributed by atoms with Gasteiger partial charge in [-0.1, -0.05) is 6.08 Å². The molecule has 0 N–H and O–H groups in total. The van der Waals surface area contributed by atoms with E-state index in [-0.39, 0.29) is 0 Å². The van der Waals surface area contributed by atoms with E-state index in [1.54, 1.807) is 0 Å². The van der Waals surface area contributed by atoms with Gasteiger partial charge in [-0.2, -0.15) is 0 Å². The van der Waals surface area contributed by atoms with Gasteiger partial charge >= 0.3 is 0 Å². The number of allylic oxidation sites excluding steroid dienone is 2. The highest BCUT2D eigenvalue weighted by molar-refractivity contribution is 6.10. The molecule has 0 radical (unpaired) electrons. The average molecular weight is 81.1 g/mol. The summed E-state index contributed by atoms with van der Waals surface area (Å²) in [5, 5.41) is 0. The summed E-state index contributed by atoms with van der Waals surface area (Å²) in [6.45, 7) is 4.00. The monoisotopic (exact) mass is 81.1 g/mol. The zero-order valence-electron chi connectivity index (χ0n) is 4.02. The summed E-state index contributed by atoms with van der Waals surface area (Å²) in [5.41, 5.74) is 2.37. The lowest BCUT2D eigenvalue weighted by Crippen LogP contribution is -1.60. The molecule has 0 atom stereocenters. The topological polar surface area (TPSA) is 12.4 Å². The van der Waals surface area contributed by atoms with Gasteiger partial charge in [0.15, 0.2) is 0 Å². The lowest BCUT2D eigenvalue weighted by Gasteiger charge is -1.59. The molecule has 1 heteroatoms. The predicted octanol–water partition coefficient (Wildman–Crippen LogP) is 1.36. The van der Waals surface area contributed by atoms with Crippen LogP contribution >= 0.6 is 0 Å². The van der Waals surface area contributed by atoms with Crippen molar-refractivity contribution in [1.82, 2.24) is 0 Å². The molecule has 0 aliphatic carbocycles. The van der Waals surface area contributed by atoms with Crippen molar-refractivity contribution in [1.29, 1.82) is 0 Å². The second kappa shape index (κ2) is 0.934. The molecule has 32 valence electrons. The lowest BCUT2D eigenvalue weighted by atomic mass is 10.4. The van der Waals surface area contributed by atoms with E-state index in [9.17, 15) is 0 Å². The summed E-state index contributed by atoms with van der Waals surface area (Å²) in [7, 11) is 0. The van der Waals surface area contributed by atoms with Gasteiger partial charge in [0.2, 0.25) is 0 Å². The van der Waals surface area contributed by atoms with Crippen molar-refractivity contribution in [3.05, 3.63) is 11.8 Å². The molecular weight excluding hydrogens is 74.1 g/mol. The zero-order valence-corrected chi connectivity index (χ0v) is 4.02. The Morgan fingerprint density at radius 1 is 1.67 bits per heavy atom. The van der Waals surface area contributed by atoms with Gasteiger partial charge in [-0.05, 0) is 13.8 Å². The summed E-state index contributed by atoms with van der Waals surface area (Å²) in [4.78, 5) is 3.95. The maximum Gasteiger partial charge on any atom is 0.0803 e. The number of rotatable bonds is 0. The smallest absolute Gasteiger partial charge is 0.0803 e. The van der Waals surface area contributed by atoms with Gasteiger partial charge in [-0.3, -0.25) is 0 Å². The fourth-order valence-electron chi connectivity index (χ4n) is 0.426. The molecule has 0 saturated carbocycles. The molecule has 0 spiro atoms. The summed E-state index contributed by atoms with van der Waals surface area (Å²) in [6.07, 6.45) is 2.01. The maximum atomic E-state index is 3.95. The van der Waals surface area contributed by atoms with Gasteiger partial charge in [0.25, 0.3) is 0 Å². The highest BCUT2D eigenvalue weighted by Crippen LogP contribution is 2.13. The number of hydrogen-bond donors (Lipinski definition) is 0. The maximum absolute atomic E-state index is 3.95. The van der Waals surface area contributed by atoms with Crippen LogP contribution in [0, 0.1) is 0 Å². The molecule has 1 aliphatic rings. The fourth-order valence-corrected chi connectivity index (χ4v) is 0.426. The standard InChI is InChI=1S/C5H7N/c1-3-5-4(2)6-5/h3H,1-2H3/b5-3+. The van der Waals surface area contributed by atoms with Crippen molar-refractivity contribution < 1.29 is 0 Å². The minimum atomic E-state index is 1.18. The van der Waals surface area contributed by atoms with Gasteiger partial charge in [-0.25, -0.2) is 4.99 Å². The largest absolute Gasteiger partial charge is 0.250 e. The minimum absolute atomic E-state index is 1.18. The van der Waals surface area contributed by atoms with Gasteiger partial charge in [0.05, 0.1) is 11.4 Å². The van der Waals surface area contributed by atoms with Crippen LogP contribution in [-0.4, -0.2) is 5.71 Å². The molecule has 0 unspecified atom stereocenters. The van der Waals surface area contributed by atoms with Gasteiger partial charge < -0.3 is 0 Å². The molecule has 1 heterocycles. The minimum Gasteiger partial charge on any atom is -0.250 e. The fraction of sp³-hybridized carbons (Fsp3) is 0.400. The van der Waals surface area contributed by atoms with Crippen molar-refractivity contribution in [2.75, 3.05) is 0 Å². The SMILES string of the molecule is C/C=C1N=C/1C. The van der Waals surface area contributed by atoms with E-state index in [0.29, 0.717) is 0 Å². The zero-order chi connectivity index (χ0) is 4.57. The van der Waals surface area contributed by atoms with Gasteiger partial charge in [0.1, 0.15) is 0 Å². The van der Waals surface area contributed by atoms with Gasteiger partial charge in [0, 0.05) is 0 Å². The number of hydrogen-bond acceptors (Lipinski definition) is 1. The van der Waals surface area contributed by atoms with Crippen molar-refractivity contribution >= 4 is 5.71 Å². The van der Waals surface area contributed by atoms with Crippen molar-refractivity contribution in [3.63, 3.8) is 0 Å². The van der Waals surface area contributed by atoms with Crippen LogP contribution in [0.25, 0.3) is 0 Å². The molecule has 0 aromatic rings. The third kappa shape index (κ3) is 0.361. The van der Waals surface area contributed by atoms with E-state index < -0.39 is 0 Å². The Morgan fingerprint density at radius 2 is 2.17 bits per heavy atom. The van der Waals surface area contributed by atoms with Crippen molar-refractivity contribution in [3.8, 4) is 0 Å². The van der Waals surface area contributed by atoms with E-state index >= 15 is 0 Å². The molecule has 1 aliphatic heterocycles. The predicted molar refractivity (Wildman–Crippen MR) is 26.9 cm³/mol. The third-order valence-corrected chi connectivity index (χ3v) is 0.882. The summed E-state index contributed by atoms with van der Waals surface area (Å²) < 4.78 is 0. The number of aliphatic imine (C=N–C) groups is 1. The second-order valence-corrected chi connectivity index (χ2v) is 1.37. The molecule has 1 rings (SSSR count). The molecule has 0 fully saturated rings. The Morgan fingerprint density at radius 3 is 2.17 bits per heavy atom. The first-order valence-electron chi connectivity index (χ1n) is 2.06. The van der Waals surface area contributed by atoms with Crippen molar-refractivity contribution in [2.45, 2.75) is 13.8 Å². The molecular formula is C5H7N. The quantitative estimate of drug-likeness (QED) is 0.417. The molecule has 1 nitrogen and oxygen atoms in total. The summed E-state index contributed by atoms with van der Waals surface area (Å²) >= 11 is 0. The highest BCUT2D eigenvalue weighted by atomic mass is 14.9. The Bertz CT molecular complexity index is 117. The molecule has 0 saturated heterocycles. The molecule has 6 heavy (non-hydrogen) atoms. The van der Waals surface area contributed by atoms with Crippen LogP contribution in [0.1, 0.15) is 13.8 Å². The van der Waals surface area contributed by atoms with Gasteiger partial charge in [-0.15, -0.1) is 0 Å². The van der Waals surface area contributed by atoms with Crippen LogP contribution in [0.2, 0.25) is 0 Å². The summed E-state index contributed by atoms with van der Waals surface area (Å²) in [5.74, 6) is 0. The normalized spacial score (nSPS) is 24.3. The van der Waals surface area contributed by atoms with Crippen molar-refractivity contribution in [2.24, 2.45) is 4.99 Å². The van der Waals surface area contributed by atoms with Crippen LogP contribution in [0.5, 0.6) is 0 Å². The first-order valence-corrected chi connectivity index (χ1v) is 2.06. The van der Waals surface area contributed by atoms with E-state index in [4.69, 9.17) is 0 Å². The Hall–Kier alpha value is -0.590. The Balaban J connectivity index is 2.56. The van der Waals surface area contributed by atoms with Crippen LogP contribution in [-0.2, 0) is 0 Å². The molecule has 0 bridgehead atoms. The van der Waals surface area contributed by atoms with E-state index in [1.807, 2.05) is 19.9 Å². The number of nitrogens with zero attached hydrogens (tertiary/aromatic N) is 1. The first-order chi connectivity index (χ1) is 2.84. The first kappa shape index (κ1) is 3.59. The third-order valence-electron chi connectivity index (χ3n) is 0.882. The molecule has 0 aromatic heterocycles. The Labute approximate surface area is 37.4 Å². The van der Waals surface area contributed by atoms with E-state index in [1.165, 1.54) is 11.4 Å². The average Bonchev–Trinajstić information content (AvgIpc) is 2.19. The lowest BCUT2D eigenvalue weighted by molar-refractivity contribution is 1.62. The van der Waals surface area contributed by atoms with E-state index in [0.717, 1.165) is 0 Å². The van der Waals surface area contributed by atoms with Crippen LogP contribution in [0.15, 0.2) is 16.8 Å². The van der Waals surface area contributed by atoms with Crippen LogP contribution in [0.3, 0.4) is 0 Å². The molecule has 0 aromatic carbocycles. The van der Waals surface area contributed by atoms with Crippen LogP contribution < -0.4 is 0 Å². The Kier molecular flexibility index (Phi) is 0.560. The molecule has 0 amide bonds.